The highest BCUT2D eigenvalue weighted by molar-refractivity contribution is 5.86. The molecule has 0 aromatic carbocycles. The summed E-state index contributed by atoms with van der Waals surface area (Å²) in [4.78, 5) is 33.1. The maximum atomic E-state index is 11.7. The van der Waals surface area contributed by atoms with Crippen LogP contribution in [0.2, 0.25) is 0 Å². The molecule has 0 aromatic heterocycles. The second kappa shape index (κ2) is 8.39. The molecule has 2 amide bonds. The number of carboxylic acids is 2. The van der Waals surface area contributed by atoms with Gasteiger partial charge < -0.3 is 20.8 Å². The second-order valence-corrected chi connectivity index (χ2v) is 5.15. The molecule has 0 bridgehead atoms. The molecule has 1 saturated carbocycles. The van der Waals surface area contributed by atoms with Crippen LogP contribution in [0.1, 0.15) is 51.4 Å². The van der Waals surface area contributed by atoms with E-state index in [2.05, 4.69) is 10.6 Å². The van der Waals surface area contributed by atoms with Crippen LogP contribution < -0.4 is 10.6 Å². The van der Waals surface area contributed by atoms with E-state index >= 15 is 0 Å². The van der Waals surface area contributed by atoms with Crippen molar-refractivity contribution in [2.45, 2.75) is 63.5 Å². The molecule has 4 N–H and O–H groups in total. The summed E-state index contributed by atoms with van der Waals surface area (Å²) in [5, 5.41) is 22.4. The SMILES string of the molecule is O=C(O)CC(NC(=O)NC1CCCCCCC1)C(=O)O. The van der Waals surface area contributed by atoms with Crippen LogP contribution in [0.3, 0.4) is 0 Å². The third-order valence-corrected chi connectivity index (χ3v) is 3.42. The summed E-state index contributed by atoms with van der Waals surface area (Å²) in [7, 11) is 0. The summed E-state index contributed by atoms with van der Waals surface area (Å²) in [6.07, 6.45) is 6.73. The number of carbonyl (C=O) groups excluding carboxylic acids is 1. The van der Waals surface area contributed by atoms with Gasteiger partial charge in [-0.2, -0.15) is 0 Å². The quantitative estimate of drug-likeness (QED) is 0.608. The highest BCUT2D eigenvalue weighted by atomic mass is 16.4. The predicted octanol–water partition coefficient (Wildman–Crippen LogP) is 1.33. The standard InChI is InChI=1S/C13H22N2O5/c16-11(17)8-10(12(18)19)15-13(20)14-9-6-4-2-1-3-5-7-9/h9-10H,1-8H2,(H,16,17)(H,18,19)(H2,14,15,20). The fourth-order valence-electron chi connectivity index (χ4n) is 2.36. The van der Waals surface area contributed by atoms with E-state index in [9.17, 15) is 14.4 Å². The Labute approximate surface area is 117 Å². The van der Waals surface area contributed by atoms with Crippen LogP contribution >= 0.6 is 0 Å². The number of carboxylic acid groups (broad SMARTS) is 2. The highest BCUT2D eigenvalue weighted by Gasteiger charge is 2.24. The summed E-state index contributed by atoms with van der Waals surface area (Å²) in [5.74, 6) is -2.61. The van der Waals surface area contributed by atoms with Gasteiger partial charge in [0.2, 0.25) is 0 Å². The van der Waals surface area contributed by atoms with Crippen molar-refractivity contribution in [3.63, 3.8) is 0 Å². The molecule has 7 heteroatoms. The zero-order chi connectivity index (χ0) is 15.0. The Bertz CT molecular complexity index is 351. The number of rotatable bonds is 5. The first-order valence-corrected chi connectivity index (χ1v) is 7.00. The molecule has 0 saturated heterocycles. The lowest BCUT2D eigenvalue weighted by Gasteiger charge is -2.22. The number of aliphatic carboxylic acids is 2. The second-order valence-electron chi connectivity index (χ2n) is 5.15. The van der Waals surface area contributed by atoms with Crippen molar-refractivity contribution < 1.29 is 24.6 Å². The molecule has 1 unspecified atom stereocenters. The van der Waals surface area contributed by atoms with Gasteiger partial charge in [-0.15, -0.1) is 0 Å². The molecule has 1 aliphatic carbocycles. The summed E-state index contributed by atoms with van der Waals surface area (Å²) in [6.45, 7) is 0. The van der Waals surface area contributed by atoms with Gasteiger partial charge in [0.05, 0.1) is 6.42 Å². The molecule has 20 heavy (non-hydrogen) atoms. The molecule has 0 spiro atoms. The zero-order valence-corrected chi connectivity index (χ0v) is 11.4. The molecule has 1 fully saturated rings. The summed E-state index contributed by atoms with van der Waals surface area (Å²) < 4.78 is 0. The first-order chi connectivity index (χ1) is 9.49. The Morgan fingerprint density at radius 3 is 2.05 bits per heavy atom. The molecule has 1 aliphatic rings. The van der Waals surface area contributed by atoms with Crippen molar-refractivity contribution >= 4 is 18.0 Å². The normalized spacial score (nSPS) is 18.4. The van der Waals surface area contributed by atoms with Crippen molar-refractivity contribution in [1.29, 1.82) is 0 Å². The molecular formula is C13H22N2O5. The minimum absolute atomic E-state index is 0.0366. The van der Waals surface area contributed by atoms with E-state index in [4.69, 9.17) is 10.2 Å². The van der Waals surface area contributed by atoms with Crippen molar-refractivity contribution in [1.82, 2.24) is 10.6 Å². The number of hydrogen-bond donors (Lipinski definition) is 4. The van der Waals surface area contributed by atoms with Gasteiger partial charge in [-0.1, -0.05) is 32.1 Å². The largest absolute Gasteiger partial charge is 0.481 e. The fraction of sp³-hybridized carbons (Fsp3) is 0.769. The van der Waals surface area contributed by atoms with E-state index in [1.807, 2.05) is 0 Å². The van der Waals surface area contributed by atoms with Gasteiger partial charge in [0.15, 0.2) is 0 Å². The topological polar surface area (TPSA) is 116 Å². The van der Waals surface area contributed by atoms with Crippen LogP contribution in [0.15, 0.2) is 0 Å². The van der Waals surface area contributed by atoms with Crippen LogP contribution in [-0.2, 0) is 9.59 Å². The van der Waals surface area contributed by atoms with Gasteiger partial charge in [-0.05, 0) is 12.8 Å². The lowest BCUT2D eigenvalue weighted by atomic mass is 9.97. The van der Waals surface area contributed by atoms with Crippen LogP contribution in [0.4, 0.5) is 4.79 Å². The molecule has 0 aliphatic heterocycles. The molecule has 1 rings (SSSR count). The van der Waals surface area contributed by atoms with E-state index in [0.29, 0.717) is 0 Å². The molecule has 114 valence electrons. The average Bonchev–Trinajstić information content (AvgIpc) is 2.31. The maximum absolute atomic E-state index is 11.7. The molecule has 0 heterocycles. The summed E-state index contributed by atoms with van der Waals surface area (Å²) in [6, 6.07) is -1.97. The smallest absolute Gasteiger partial charge is 0.326 e. The first kappa shape index (κ1) is 16.3. The van der Waals surface area contributed by atoms with Gasteiger partial charge in [-0.25, -0.2) is 9.59 Å². The van der Waals surface area contributed by atoms with Crippen LogP contribution in [0.25, 0.3) is 0 Å². The van der Waals surface area contributed by atoms with Crippen molar-refractivity contribution in [2.75, 3.05) is 0 Å². The van der Waals surface area contributed by atoms with Crippen LogP contribution in [-0.4, -0.2) is 40.3 Å². The van der Waals surface area contributed by atoms with E-state index in [-0.39, 0.29) is 6.04 Å². The van der Waals surface area contributed by atoms with E-state index in [1.165, 1.54) is 6.42 Å². The third kappa shape index (κ3) is 6.40. The monoisotopic (exact) mass is 286 g/mol. The van der Waals surface area contributed by atoms with Gasteiger partial charge in [0.1, 0.15) is 6.04 Å². The maximum Gasteiger partial charge on any atom is 0.326 e. The molecule has 0 radical (unpaired) electrons. The molecule has 7 nitrogen and oxygen atoms in total. The predicted molar refractivity (Wildman–Crippen MR) is 71.5 cm³/mol. The number of nitrogens with one attached hydrogen (secondary N) is 2. The van der Waals surface area contributed by atoms with E-state index < -0.39 is 30.4 Å². The Morgan fingerprint density at radius 1 is 1.00 bits per heavy atom. The Hall–Kier alpha value is -1.79. The van der Waals surface area contributed by atoms with Crippen LogP contribution in [0, 0.1) is 0 Å². The van der Waals surface area contributed by atoms with Gasteiger partial charge in [-0.3, -0.25) is 4.79 Å². The molecule has 0 aromatic rings. The summed E-state index contributed by atoms with van der Waals surface area (Å²) >= 11 is 0. The lowest BCUT2D eigenvalue weighted by Crippen LogP contribution is -2.49. The minimum atomic E-state index is -1.40. The third-order valence-electron chi connectivity index (χ3n) is 3.42. The average molecular weight is 286 g/mol. The fourth-order valence-corrected chi connectivity index (χ4v) is 2.36. The van der Waals surface area contributed by atoms with Gasteiger partial charge in [0.25, 0.3) is 0 Å². The lowest BCUT2D eigenvalue weighted by molar-refractivity contribution is -0.145. The Kier molecular flexibility index (Phi) is 6.83. The number of urea groups is 1. The Morgan fingerprint density at radius 2 is 1.55 bits per heavy atom. The Balaban J connectivity index is 2.43. The molecular weight excluding hydrogens is 264 g/mol. The minimum Gasteiger partial charge on any atom is -0.481 e. The first-order valence-electron chi connectivity index (χ1n) is 7.00. The number of carbonyl (C=O) groups is 3. The zero-order valence-electron chi connectivity index (χ0n) is 11.4. The number of amides is 2. The van der Waals surface area contributed by atoms with Crippen molar-refractivity contribution in [3.05, 3.63) is 0 Å². The molecule has 1 atom stereocenters. The van der Waals surface area contributed by atoms with Gasteiger partial charge >= 0.3 is 18.0 Å². The van der Waals surface area contributed by atoms with Crippen LogP contribution in [0.5, 0.6) is 0 Å². The van der Waals surface area contributed by atoms with Gasteiger partial charge in [0, 0.05) is 6.04 Å². The highest BCUT2D eigenvalue weighted by Crippen LogP contribution is 2.16. The number of hydrogen-bond acceptors (Lipinski definition) is 3. The van der Waals surface area contributed by atoms with E-state index in [0.717, 1.165) is 38.5 Å². The summed E-state index contributed by atoms with van der Waals surface area (Å²) in [5.41, 5.74) is 0. The van der Waals surface area contributed by atoms with Crippen molar-refractivity contribution in [2.24, 2.45) is 0 Å². The van der Waals surface area contributed by atoms with Crippen molar-refractivity contribution in [3.8, 4) is 0 Å². The van der Waals surface area contributed by atoms with E-state index in [1.54, 1.807) is 0 Å².